The molecule has 50 heavy (non-hydrogen) atoms. The Morgan fingerprint density at radius 1 is 0.580 bits per heavy atom. The highest BCUT2D eigenvalue weighted by molar-refractivity contribution is 5.81. The van der Waals surface area contributed by atoms with Crippen molar-refractivity contribution in [1.82, 2.24) is 0 Å². The molecule has 0 saturated heterocycles. The van der Waals surface area contributed by atoms with E-state index in [0.29, 0.717) is 38.5 Å². The number of rotatable bonds is 13. The Bertz CT molecular complexity index is 1200. The molecular weight excluding hydrogens is 660 g/mol. The molecule has 0 bridgehead atoms. The Hall–Kier alpha value is -2.95. The first-order valence-electron chi connectivity index (χ1n) is 18.5. The summed E-state index contributed by atoms with van der Waals surface area (Å²) < 4.78 is 18.7. The largest absolute Gasteiger partial charge is 0.481 e. The first-order chi connectivity index (χ1) is 23.9. The Kier molecular flexibility index (Phi) is 13.4. The van der Waals surface area contributed by atoms with Crippen LogP contribution in [0.2, 0.25) is 0 Å². The number of aliphatic carboxylic acids is 2. The minimum absolute atomic E-state index is 0.00388. The van der Waals surface area contributed by atoms with Gasteiger partial charge in [0.15, 0.2) is 0 Å². The van der Waals surface area contributed by atoms with Crippen molar-refractivity contribution in [2.45, 2.75) is 164 Å². The lowest BCUT2D eigenvalue weighted by Gasteiger charge is -2.41. The van der Waals surface area contributed by atoms with Gasteiger partial charge in [-0.3, -0.25) is 39.9 Å². The average molecular weight is 713 g/mol. The molecule has 0 aromatic carbocycles. The Balaban J connectivity index is 1.03. The SMILES string of the molecule is O=C(O)C1CCC([N+](=O)[O-])CC1C(=O)OC1CCC(OC2CCCC(OC3CCC(C(OO)C4CC([N+](=O)[O-])CCC4C(=O)O)CC3)C2)CC1. The highest BCUT2D eigenvalue weighted by Gasteiger charge is 2.48. The maximum atomic E-state index is 12.9. The summed E-state index contributed by atoms with van der Waals surface area (Å²) in [5, 5.41) is 51.9. The minimum atomic E-state index is -1.13. The number of carboxylic acid groups (broad SMARTS) is 2. The van der Waals surface area contributed by atoms with Gasteiger partial charge in [0.25, 0.3) is 0 Å². The average Bonchev–Trinajstić information content (AvgIpc) is 3.09. The third-order valence-corrected chi connectivity index (χ3v) is 12.2. The predicted octanol–water partition coefficient (Wildman–Crippen LogP) is 4.89. The van der Waals surface area contributed by atoms with Crippen LogP contribution in [-0.2, 0) is 33.5 Å². The van der Waals surface area contributed by atoms with Crippen LogP contribution in [0.1, 0.15) is 116 Å². The van der Waals surface area contributed by atoms with Crippen molar-refractivity contribution in [1.29, 1.82) is 0 Å². The van der Waals surface area contributed by atoms with Crippen molar-refractivity contribution in [3.63, 3.8) is 0 Å². The summed E-state index contributed by atoms with van der Waals surface area (Å²) in [6, 6.07) is -1.78. The van der Waals surface area contributed by atoms with Crippen LogP contribution < -0.4 is 0 Å². The molecule has 3 N–H and O–H groups in total. The van der Waals surface area contributed by atoms with Gasteiger partial charge in [-0.05, 0) is 95.8 Å². The molecule has 9 atom stereocenters. The number of ether oxygens (including phenoxy) is 3. The monoisotopic (exact) mass is 712 g/mol. The van der Waals surface area contributed by atoms with Crippen LogP contribution >= 0.6 is 0 Å². The van der Waals surface area contributed by atoms with E-state index in [4.69, 9.17) is 19.1 Å². The number of nitrogens with zero attached hydrogens (tertiary/aromatic N) is 2. The second-order valence-corrected chi connectivity index (χ2v) is 15.3. The molecule has 0 aromatic rings. The van der Waals surface area contributed by atoms with Crippen molar-refractivity contribution in [3.8, 4) is 0 Å². The number of carbonyl (C=O) groups excluding carboxylic acids is 1. The second-order valence-electron chi connectivity index (χ2n) is 15.3. The molecule has 0 heterocycles. The van der Waals surface area contributed by atoms with Crippen molar-refractivity contribution in [3.05, 3.63) is 20.2 Å². The molecule has 16 heteroatoms. The summed E-state index contributed by atoms with van der Waals surface area (Å²) in [4.78, 5) is 63.4. The van der Waals surface area contributed by atoms with Crippen molar-refractivity contribution in [2.75, 3.05) is 0 Å². The van der Waals surface area contributed by atoms with E-state index < -0.39 is 64.7 Å². The number of carboxylic acids is 2. The fourth-order valence-corrected chi connectivity index (χ4v) is 9.44. The lowest BCUT2D eigenvalue weighted by molar-refractivity contribution is -0.530. The number of hydrogen-bond donors (Lipinski definition) is 3. The topological polar surface area (TPSA) is 235 Å². The van der Waals surface area contributed by atoms with Crippen LogP contribution in [0.15, 0.2) is 0 Å². The summed E-state index contributed by atoms with van der Waals surface area (Å²) in [5.41, 5.74) is 0. The Labute approximate surface area is 290 Å². The van der Waals surface area contributed by atoms with E-state index in [2.05, 4.69) is 0 Å². The van der Waals surface area contributed by atoms with Crippen LogP contribution in [0.25, 0.3) is 0 Å². The molecule has 0 aliphatic heterocycles. The van der Waals surface area contributed by atoms with Crippen molar-refractivity contribution in [2.24, 2.45) is 29.6 Å². The van der Waals surface area contributed by atoms with E-state index in [-0.39, 0.29) is 79.9 Å². The van der Waals surface area contributed by atoms with Crippen LogP contribution in [0, 0.1) is 49.8 Å². The number of hydrogen-bond acceptors (Lipinski definition) is 12. The molecule has 0 amide bonds. The molecule has 282 valence electrons. The van der Waals surface area contributed by atoms with Gasteiger partial charge in [-0.15, -0.1) is 0 Å². The number of nitro groups is 2. The molecule has 16 nitrogen and oxygen atoms in total. The van der Waals surface area contributed by atoms with E-state index in [1.165, 1.54) is 0 Å². The first-order valence-corrected chi connectivity index (χ1v) is 18.5. The molecule has 5 saturated carbocycles. The molecule has 5 aliphatic rings. The standard InChI is InChI=1S/C34H52N2O14/c37-32(38)27-14-6-20(35(42)43)16-29(27)31(50-46)19-4-8-22(9-5-19)47-25-2-1-3-26(18-25)48-23-10-12-24(13-11-23)49-34(41)30-17-21(36(44)45)7-15-28(30)33(39)40/h19-31,46H,1-18H2,(H,37,38)(H,39,40). The van der Waals surface area contributed by atoms with Gasteiger partial charge in [0.05, 0.1) is 48.3 Å². The molecule has 9 unspecified atom stereocenters. The van der Waals surface area contributed by atoms with Gasteiger partial charge in [0, 0.05) is 41.4 Å². The zero-order chi connectivity index (χ0) is 35.9. The Morgan fingerprint density at radius 3 is 1.60 bits per heavy atom. The zero-order valence-corrected chi connectivity index (χ0v) is 28.5. The van der Waals surface area contributed by atoms with Gasteiger partial charge >= 0.3 is 17.9 Å². The maximum absolute atomic E-state index is 12.9. The molecule has 0 aromatic heterocycles. The summed E-state index contributed by atoms with van der Waals surface area (Å²) in [6.45, 7) is 0. The lowest BCUT2D eigenvalue weighted by atomic mass is 9.69. The van der Waals surface area contributed by atoms with Crippen LogP contribution in [-0.4, -0.2) is 91.9 Å². The molecule has 0 radical (unpaired) electrons. The van der Waals surface area contributed by atoms with Crippen LogP contribution in [0.4, 0.5) is 0 Å². The van der Waals surface area contributed by atoms with E-state index in [1.54, 1.807) is 0 Å². The highest BCUT2D eigenvalue weighted by Crippen LogP contribution is 2.42. The van der Waals surface area contributed by atoms with Crippen LogP contribution in [0.3, 0.4) is 0 Å². The number of carbonyl (C=O) groups is 3. The fourth-order valence-electron chi connectivity index (χ4n) is 9.44. The van der Waals surface area contributed by atoms with Gasteiger partial charge < -0.3 is 24.4 Å². The second kappa shape index (κ2) is 17.5. The van der Waals surface area contributed by atoms with Gasteiger partial charge in [-0.1, -0.05) is 0 Å². The number of esters is 1. The van der Waals surface area contributed by atoms with Gasteiger partial charge in [-0.2, -0.15) is 0 Å². The molecule has 5 fully saturated rings. The third-order valence-electron chi connectivity index (χ3n) is 12.2. The van der Waals surface area contributed by atoms with Gasteiger partial charge in [0.1, 0.15) is 6.10 Å². The molecule has 0 spiro atoms. The highest BCUT2D eigenvalue weighted by atomic mass is 17.1. The minimum Gasteiger partial charge on any atom is -0.481 e. The molecule has 5 rings (SSSR count). The van der Waals surface area contributed by atoms with Gasteiger partial charge in [0.2, 0.25) is 12.1 Å². The van der Waals surface area contributed by atoms with E-state index in [1.807, 2.05) is 0 Å². The van der Waals surface area contributed by atoms with E-state index in [0.717, 1.165) is 38.5 Å². The van der Waals surface area contributed by atoms with E-state index in [9.17, 15) is 50.1 Å². The van der Waals surface area contributed by atoms with E-state index >= 15 is 0 Å². The molecular formula is C34H52N2O14. The van der Waals surface area contributed by atoms with Crippen molar-refractivity contribution < 1.29 is 58.8 Å². The fraction of sp³-hybridized carbons (Fsp3) is 0.912. The third kappa shape index (κ3) is 9.68. The normalized spacial score (nSPS) is 38.7. The van der Waals surface area contributed by atoms with Crippen molar-refractivity contribution >= 4 is 17.9 Å². The Morgan fingerprint density at radius 2 is 1.08 bits per heavy atom. The smallest absolute Gasteiger partial charge is 0.310 e. The van der Waals surface area contributed by atoms with Crippen LogP contribution in [0.5, 0.6) is 0 Å². The summed E-state index contributed by atoms with van der Waals surface area (Å²) in [5.74, 6) is -6.33. The maximum Gasteiger partial charge on any atom is 0.310 e. The van der Waals surface area contributed by atoms with Gasteiger partial charge in [-0.25, -0.2) is 4.89 Å². The first kappa shape index (κ1) is 38.3. The zero-order valence-electron chi connectivity index (χ0n) is 28.5. The lowest BCUT2D eigenvalue weighted by Crippen LogP contribution is -2.46. The molecule has 5 aliphatic carbocycles. The predicted molar refractivity (Wildman–Crippen MR) is 172 cm³/mol. The summed E-state index contributed by atoms with van der Waals surface area (Å²) >= 11 is 0. The summed E-state index contributed by atoms with van der Waals surface area (Å²) in [7, 11) is 0. The summed E-state index contributed by atoms with van der Waals surface area (Å²) in [6.07, 6.45) is 8.37. The quantitative estimate of drug-likeness (QED) is 0.0998.